The fraction of sp³-hybridized carbons (Fsp3) is 0.750. The zero-order valence-corrected chi connectivity index (χ0v) is 31.7. The molecule has 6 aliphatic carbocycles. The minimum atomic E-state index is 0.510. The van der Waals surface area contributed by atoms with Crippen molar-refractivity contribution < 1.29 is 9.47 Å². The molecule has 4 saturated heterocycles. The first-order valence-electron chi connectivity index (χ1n) is 22.8. The highest BCUT2D eigenvalue weighted by Gasteiger charge is 2.61. The van der Waals surface area contributed by atoms with Crippen LogP contribution < -0.4 is 0 Å². The van der Waals surface area contributed by atoms with Gasteiger partial charge in [-0.15, -0.1) is 0 Å². The van der Waals surface area contributed by atoms with Gasteiger partial charge in [0.2, 0.25) is 0 Å². The van der Waals surface area contributed by atoms with Crippen LogP contribution in [-0.2, 0) is 9.47 Å². The first kappa shape index (κ1) is 32.5. The Kier molecular flexibility index (Phi) is 8.08. The van der Waals surface area contributed by atoms with Crippen molar-refractivity contribution in [3.63, 3.8) is 0 Å². The third kappa shape index (κ3) is 4.98. The fourth-order valence-electron chi connectivity index (χ4n) is 16.1. The number of hydrogen-bond acceptors (Lipinski definition) is 4. The molecule has 0 N–H and O–H groups in total. The molecule has 16 unspecified atom stereocenters. The van der Waals surface area contributed by atoms with E-state index in [9.17, 15) is 0 Å². The lowest BCUT2D eigenvalue weighted by molar-refractivity contribution is -0.177. The van der Waals surface area contributed by atoms with Gasteiger partial charge in [-0.25, -0.2) is 0 Å². The Hall–Kier alpha value is -1.72. The Balaban J connectivity index is 0.776. The SMILES string of the molecule is c1ccc(C2CCC3C(C2)C2CCCC4OC5CCCCC5N3C42)c(-c2ccc(C3CCC4C(C3)C3CCCC5OC6CCCCC6N4C53)cc2)c1. The van der Waals surface area contributed by atoms with E-state index in [4.69, 9.17) is 9.47 Å². The van der Waals surface area contributed by atoms with E-state index in [0.717, 1.165) is 47.7 Å². The predicted octanol–water partition coefficient (Wildman–Crippen LogP) is 10.2. The Morgan fingerprint density at radius 2 is 0.962 bits per heavy atom. The standard InChI is InChI=1S/C48H64N2O2/c1-2-10-34(32-24-26-40-38(28-32)36-12-8-18-46-48(36)50(40)42-14-4-6-16-44(42)52-46)33(9-1)30-21-19-29(20-22-30)31-23-25-39-37(27-31)35-11-7-17-45-47(35)49(39)41-13-3-5-15-43(41)51-45/h1-2,9-10,19-22,31-32,35-48H,3-8,11-18,23-28H2. The smallest absolute Gasteiger partial charge is 0.0737 e. The Bertz CT molecular complexity index is 1620. The molecular formula is C48H64N2O2. The van der Waals surface area contributed by atoms with E-state index < -0.39 is 0 Å². The number of fused-ring (bicyclic) bond motifs is 10. The van der Waals surface area contributed by atoms with E-state index in [1.807, 2.05) is 0 Å². The van der Waals surface area contributed by atoms with Gasteiger partial charge in [0.1, 0.15) is 0 Å². The molecule has 4 heterocycles. The van der Waals surface area contributed by atoms with Crippen molar-refractivity contribution in [3.8, 4) is 11.1 Å². The molecule has 16 atom stereocenters. The number of hydrogen-bond donors (Lipinski definition) is 0. The summed E-state index contributed by atoms with van der Waals surface area (Å²) in [7, 11) is 0. The van der Waals surface area contributed by atoms with Gasteiger partial charge in [0.25, 0.3) is 0 Å². The average Bonchev–Trinajstić information content (AvgIpc) is 3.73. The second kappa shape index (κ2) is 12.9. The summed E-state index contributed by atoms with van der Waals surface area (Å²) in [4.78, 5) is 6.25. The van der Waals surface area contributed by atoms with E-state index in [1.165, 1.54) is 140 Å². The quantitative estimate of drug-likeness (QED) is 0.318. The van der Waals surface area contributed by atoms with Crippen LogP contribution in [0, 0.1) is 23.7 Å². The molecule has 278 valence electrons. The molecule has 2 aromatic rings. The highest BCUT2D eigenvalue weighted by molar-refractivity contribution is 5.68. The monoisotopic (exact) mass is 700 g/mol. The van der Waals surface area contributed by atoms with Gasteiger partial charge in [-0.05, 0) is 148 Å². The van der Waals surface area contributed by atoms with E-state index in [0.29, 0.717) is 48.5 Å². The summed E-state index contributed by atoms with van der Waals surface area (Å²) in [6, 6.07) is 24.2. The largest absolute Gasteiger partial charge is 0.372 e. The van der Waals surface area contributed by atoms with Crippen LogP contribution in [-0.4, -0.2) is 70.5 Å². The van der Waals surface area contributed by atoms with Crippen LogP contribution in [0.25, 0.3) is 11.1 Å². The Labute approximate surface area is 313 Å². The van der Waals surface area contributed by atoms with Crippen LogP contribution in [0.4, 0.5) is 0 Å². The molecule has 12 rings (SSSR count). The lowest BCUT2D eigenvalue weighted by Gasteiger charge is -2.53. The highest BCUT2D eigenvalue weighted by Crippen LogP contribution is 2.58. The maximum absolute atomic E-state index is 6.95. The maximum Gasteiger partial charge on any atom is 0.0737 e. The molecule has 0 amide bonds. The van der Waals surface area contributed by atoms with Crippen LogP contribution in [0.15, 0.2) is 48.5 Å². The molecule has 4 aliphatic heterocycles. The van der Waals surface area contributed by atoms with Gasteiger partial charge < -0.3 is 9.47 Å². The number of benzene rings is 2. The van der Waals surface area contributed by atoms with E-state index >= 15 is 0 Å². The average molecular weight is 701 g/mol. The molecular weight excluding hydrogens is 637 g/mol. The Morgan fingerprint density at radius 3 is 1.60 bits per heavy atom. The molecule has 2 aromatic carbocycles. The van der Waals surface area contributed by atoms with Gasteiger partial charge in [0.05, 0.1) is 24.4 Å². The molecule has 0 aromatic heterocycles. The summed E-state index contributed by atoms with van der Waals surface area (Å²) < 4.78 is 13.9. The topological polar surface area (TPSA) is 24.9 Å². The first-order chi connectivity index (χ1) is 25.8. The lowest BCUT2D eigenvalue weighted by atomic mass is 9.68. The normalized spacial score (nSPS) is 48.1. The van der Waals surface area contributed by atoms with Crippen molar-refractivity contribution in [1.82, 2.24) is 9.80 Å². The van der Waals surface area contributed by atoms with Crippen molar-refractivity contribution >= 4 is 0 Å². The summed E-state index contributed by atoms with van der Waals surface area (Å²) >= 11 is 0. The van der Waals surface area contributed by atoms with Gasteiger partial charge in [-0.2, -0.15) is 0 Å². The zero-order chi connectivity index (χ0) is 33.9. The van der Waals surface area contributed by atoms with Crippen LogP contribution in [0.3, 0.4) is 0 Å². The molecule has 0 radical (unpaired) electrons. The second-order valence-corrected chi connectivity index (χ2v) is 19.9. The molecule has 52 heavy (non-hydrogen) atoms. The number of rotatable bonds is 3. The van der Waals surface area contributed by atoms with Crippen LogP contribution in [0.5, 0.6) is 0 Å². The van der Waals surface area contributed by atoms with Crippen molar-refractivity contribution in [3.05, 3.63) is 59.7 Å². The van der Waals surface area contributed by atoms with E-state index in [2.05, 4.69) is 58.3 Å². The highest BCUT2D eigenvalue weighted by atomic mass is 16.5. The molecule has 4 nitrogen and oxygen atoms in total. The van der Waals surface area contributed by atoms with Gasteiger partial charge in [-0.3, -0.25) is 9.80 Å². The van der Waals surface area contributed by atoms with Crippen molar-refractivity contribution in [2.45, 2.75) is 201 Å². The fourth-order valence-corrected chi connectivity index (χ4v) is 16.1. The second-order valence-electron chi connectivity index (χ2n) is 19.9. The molecule has 6 saturated carbocycles. The summed E-state index contributed by atoms with van der Waals surface area (Å²) in [5.74, 6) is 4.85. The van der Waals surface area contributed by atoms with E-state index in [1.54, 1.807) is 11.1 Å². The van der Waals surface area contributed by atoms with Gasteiger partial charge >= 0.3 is 0 Å². The summed E-state index contributed by atoms with van der Waals surface area (Å²) in [6.45, 7) is 0. The summed E-state index contributed by atoms with van der Waals surface area (Å²) in [5.41, 5.74) is 6.21. The van der Waals surface area contributed by atoms with Crippen molar-refractivity contribution in [1.29, 1.82) is 0 Å². The van der Waals surface area contributed by atoms with Gasteiger partial charge in [-0.1, -0.05) is 87.1 Å². The Morgan fingerprint density at radius 1 is 0.423 bits per heavy atom. The third-order valence-electron chi connectivity index (χ3n) is 17.9. The van der Waals surface area contributed by atoms with Crippen molar-refractivity contribution in [2.75, 3.05) is 0 Å². The molecule has 10 aliphatic rings. The predicted molar refractivity (Wildman–Crippen MR) is 207 cm³/mol. The number of nitrogens with zero attached hydrogens (tertiary/aromatic N) is 2. The lowest BCUT2D eigenvalue weighted by Crippen LogP contribution is -2.63. The van der Waals surface area contributed by atoms with Crippen LogP contribution in [0.1, 0.15) is 151 Å². The number of ether oxygens (including phenoxy) is 2. The first-order valence-corrected chi connectivity index (χ1v) is 22.8. The summed E-state index contributed by atoms with van der Waals surface area (Å²) in [5, 5.41) is 0. The van der Waals surface area contributed by atoms with Crippen molar-refractivity contribution in [2.24, 2.45) is 23.7 Å². The number of morpholine rings is 2. The molecule has 10 fully saturated rings. The minimum absolute atomic E-state index is 0.510. The maximum atomic E-state index is 6.95. The molecule has 0 spiro atoms. The van der Waals surface area contributed by atoms with Crippen LogP contribution in [0.2, 0.25) is 0 Å². The van der Waals surface area contributed by atoms with Gasteiger partial charge in [0.15, 0.2) is 0 Å². The molecule has 0 bridgehead atoms. The third-order valence-corrected chi connectivity index (χ3v) is 17.9. The summed E-state index contributed by atoms with van der Waals surface area (Å²) in [6.07, 6.45) is 29.6. The van der Waals surface area contributed by atoms with Crippen LogP contribution >= 0.6 is 0 Å². The minimum Gasteiger partial charge on any atom is -0.372 e. The zero-order valence-electron chi connectivity index (χ0n) is 31.7. The molecule has 4 heteroatoms. The van der Waals surface area contributed by atoms with E-state index in [-0.39, 0.29) is 0 Å². The van der Waals surface area contributed by atoms with Gasteiger partial charge in [0, 0.05) is 36.3 Å².